The average molecular weight is 249 g/mol. The molecule has 98 valence electrons. The largest absolute Gasteiger partial charge is 0.468 e. The van der Waals surface area contributed by atoms with Crippen LogP contribution in [0.2, 0.25) is 0 Å². The molecule has 1 aromatic rings. The molecule has 18 heavy (non-hydrogen) atoms. The first-order valence-electron chi connectivity index (χ1n) is 6.20. The fourth-order valence-electron chi connectivity index (χ4n) is 2.20. The Morgan fingerprint density at radius 2 is 2.06 bits per heavy atom. The summed E-state index contributed by atoms with van der Waals surface area (Å²) in [6, 6.07) is 5.76. The lowest BCUT2D eigenvalue weighted by Crippen LogP contribution is -2.52. The fourth-order valence-corrected chi connectivity index (χ4v) is 2.20. The second kappa shape index (κ2) is 5.82. The predicted octanol–water partition coefficient (Wildman–Crippen LogP) is 0.765. The molecule has 0 N–H and O–H groups in total. The van der Waals surface area contributed by atoms with E-state index in [0.717, 1.165) is 32.0 Å². The van der Waals surface area contributed by atoms with Gasteiger partial charge < -0.3 is 9.64 Å². The Balaban J connectivity index is 1.90. The van der Waals surface area contributed by atoms with Gasteiger partial charge in [-0.25, -0.2) is 4.98 Å². The SMILES string of the molecule is COC(=O)C(C)N1CCN(c2ccccn2)CC1. The lowest BCUT2D eigenvalue weighted by Gasteiger charge is -2.37. The number of carbonyl (C=O) groups excluding carboxylic acids is 1. The van der Waals surface area contributed by atoms with Crippen molar-refractivity contribution >= 4 is 11.8 Å². The zero-order valence-corrected chi connectivity index (χ0v) is 10.9. The molecule has 1 atom stereocenters. The first-order chi connectivity index (χ1) is 8.72. The predicted molar refractivity (Wildman–Crippen MR) is 69.5 cm³/mol. The molecule has 2 rings (SSSR count). The zero-order valence-electron chi connectivity index (χ0n) is 10.9. The molecule has 0 spiro atoms. The van der Waals surface area contributed by atoms with Gasteiger partial charge in [0.15, 0.2) is 0 Å². The number of anilines is 1. The highest BCUT2D eigenvalue weighted by Crippen LogP contribution is 2.14. The Morgan fingerprint density at radius 1 is 1.33 bits per heavy atom. The monoisotopic (exact) mass is 249 g/mol. The number of pyridine rings is 1. The fraction of sp³-hybridized carbons (Fsp3) is 0.538. The van der Waals surface area contributed by atoms with Gasteiger partial charge in [0, 0.05) is 32.4 Å². The number of piperazine rings is 1. The third kappa shape index (κ3) is 2.79. The number of methoxy groups -OCH3 is 1. The molecule has 0 bridgehead atoms. The van der Waals surface area contributed by atoms with Gasteiger partial charge in [0.25, 0.3) is 0 Å². The summed E-state index contributed by atoms with van der Waals surface area (Å²) < 4.78 is 4.77. The van der Waals surface area contributed by atoms with Crippen LogP contribution in [0.25, 0.3) is 0 Å². The first kappa shape index (κ1) is 12.8. The molecule has 0 saturated carbocycles. The van der Waals surface area contributed by atoms with E-state index in [0.29, 0.717) is 0 Å². The number of esters is 1. The van der Waals surface area contributed by atoms with E-state index in [1.165, 1.54) is 7.11 Å². The summed E-state index contributed by atoms with van der Waals surface area (Å²) >= 11 is 0. The van der Waals surface area contributed by atoms with Gasteiger partial charge in [-0.2, -0.15) is 0 Å². The highest BCUT2D eigenvalue weighted by atomic mass is 16.5. The van der Waals surface area contributed by atoms with Crippen molar-refractivity contribution in [1.29, 1.82) is 0 Å². The Hall–Kier alpha value is -1.62. The van der Waals surface area contributed by atoms with Gasteiger partial charge in [-0.15, -0.1) is 0 Å². The Kier molecular flexibility index (Phi) is 4.15. The highest BCUT2D eigenvalue weighted by molar-refractivity contribution is 5.75. The maximum atomic E-state index is 11.5. The minimum absolute atomic E-state index is 0.165. The van der Waals surface area contributed by atoms with Crippen molar-refractivity contribution in [2.75, 3.05) is 38.2 Å². The summed E-state index contributed by atoms with van der Waals surface area (Å²) in [4.78, 5) is 20.2. The van der Waals surface area contributed by atoms with Gasteiger partial charge in [-0.1, -0.05) is 6.07 Å². The van der Waals surface area contributed by atoms with Gasteiger partial charge in [-0.05, 0) is 19.1 Å². The number of aromatic nitrogens is 1. The van der Waals surface area contributed by atoms with E-state index in [9.17, 15) is 4.79 Å². The minimum Gasteiger partial charge on any atom is -0.468 e. The molecule has 1 aliphatic rings. The molecule has 2 heterocycles. The molecule has 1 unspecified atom stereocenters. The van der Waals surface area contributed by atoms with Gasteiger partial charge in [0.2, 0.25) is 0 Å². The standard InChI is InChI=1S/C13H19N3O2/c1-11(13(17)18-2)15-7-9-16(10-8-15)12-5-3-4-6-14-12/h3-6,11H,7-10H2,1-2H3. The maximum absolute atomic E-state index is 11.5. The molecule has 1 saturated heterocycles. The molecular weight excluding hydrogens is 230 g/mol. The van der Waals surface area contributed by atoms with Crippen LogP contribution in [0.3, 0.4) is 0 Å². The van der Waals surface area contributed by atoms with E-state index in [2.05, 4.69) is 14.8 Å². The Bertz CT molecular complexity index is 388. The summed E-state index contributed by atoms with van der Waals surface area (Å²) in [6.45, 7) is 5.37. The Morgan fingerprint density at radius 3 is 2.61 bits per heavy atom. The number of carbonyl (C=O) groups is 1. The maximum Gasteiger partial charge on any atom is 0.322 e. The van der Waals surface area contributed by atoms with Crippen molar-refractivity contribution in [3.63, 3.8) is 0 Å². The molecular formula is C13H19N3O2. The van der Waals surface area contributed by atoms with Gasteiger partial charge in [-0.3, -0.25) is 9.69 Å². The van der Waals surface area contributed by atoms with Crippen LogP contribution >= 0.6 is 0 Å². The van der Waals surface area contributed by atoms with E-state index in [1.54, 1.807) is 6.20 Å². The van der Waals surface area contributed by atoms with Crippen molar-refractivity contribution in [3.05, 3.63) is 24.4 Å². The van der Waals surface area contributed by atoms with Crippen molar-refractivity contribution in [2.45, 2.75) is 13.0 Å². The lowest BCUT2D eigenvalue weighted by molar-refractivity contribution is -0.146. The molecule has 0 amide bonds. The lowest BCUT2D eigenvalue weighted by atomic mass is 10.2. The average Bonchev–Trinajstić information content (AvgIpc) is 2.47. The number of rotatable bonds is 3. The van der Waals surface area contributed by atoms with Crippen LogP contribution in [0.4, 0.5) is 5.82 Å². The van der Waals surface area contributed by atoms with E-state index in [-0.39, 0.29) is 12.0 Å². The molecule has 0 aliphatic carbocycles. The second-order valence-electron chi connectivity index (χ2n) is 4.41. The molecule has 1 fully saturated rings. The van der Waals surface area contributed by atoms with Crippen molar-refractivity contribution in [1.82, 2.24) is 9.88 Å². The van der Waals surface area contributed by atoms with Crippen LogP contribution in [0, 0.1) is 0 Å². The van der Waals surface area contributed by atoms with E-state index in [1.807, 2.05) is 25.1 Å². The third-order valence-corrected chi connectivity index (χ3v) is 3.38. The summed E-state index contributed by atoms with van der Waals surface area (Å²) in [6.07, 6.45) is 1.80. The molecule has 0 radical (unpaired) electrons. The molecule has 5 nitrogen and oxygen atoms in total. The molecule has 1 aromatic heterocycles. The van der Waals surface area contributed by atoms with Crippen molar-refractivity contribution in [2.24, 2.45) is 0 Å². The second-order valence-corrected chi connectivity index (χ2v) is 4.41. The van der Waals surface area contributed by atoms with E-state index in [4.69, 9.17) is 4.74 Å². The molecule has 5 heteroatoms. The van der Waals surface area contributed by atoms with Crippen LogP contribution in [-0.2, 0) is 9.53 Å². The van der Waals surface area contributed by atoms with Crippen LogP contribution in [0.1, 0.15) is 6.92 Å². The normalized spacial score (nSPS) is 18.4. The number of hydrogen-bond donors (Lipinski definition) is 0. The van der Waals surface area contributed by atoms with Gasteiger partial charge in [0.1, 0.15) is 11.9 Å². The topological polar surface area (TPSA) is 45.7 Å². The number of ether oxygens (including phenoxy) is 1. The Labute approximate surface area is 107 Å². The van der Waals surface area contributed by atoms with Crippen LogP contribution < -0.4 is 4.90 Å². The summed E-state index contributed by atoms with van der Waals surface area (Å²) in [7, 11) is 1.43. The van der Waals surface area contributed by atoms with Crippen molar-refractivity contribution in [3.8, 4) is 0 Å². The first-order valence-corrected chi connectivity index (χ1v) is 6.20. The van der Waals surface area contributed by atoms with Gasteiger partial charge >= 0.3 is 5.97 Å². The summed E-state index contributed by atoms with van der Waals surface area (Å²) in [5, 5.41) is 0. The van der Waals surface area contributed by atoms with Crippen LogP contribution in [0.15, 0.2) is 24.4 Å². The third-order valence-electron chi connectivity index (χ3n) is 3.38. The minimum atomic E-state index is -0.166. The highest BCUT2D eigenvalue weighted by Gasteiger charge is 2.26. The quantitative estimate of drug-likeness (QED) is 0.740. The number of hydrogen-bond acceptors (Lipinski definition) is 5. The van der Waals surface area contributed by atoms with Crippen molar-refractivity contribution < 1.29 is 9.53 Å². The summed E-state index contributed by atoms with van der Waals surface area (Å²) in [5.74, 6) is 0.837. The number of nitrogens with zero attached hydrogens (tertiary/aromatic N) is 3. The van der Waals surface area contributed by atoms with Crippen LogP contribution in [-0.4, -0.2) is 55.2 Å². The molecule has 1 aliphatic heterocycles. The van der Waals surface area contributed by atoms with E-state index >= 15 is 0 Å². The summed E-state index contributed by atoms with van der Waals surface area (Å²) in [5.41, 5.74) is 0. The van der Waals surface area contributed by atoms with Crippen LogP contribution in [0.5, 0.6) is 0 Å². The molecule has 0 aromatic carbocycles. The smallest absolute Gasteiger partial charge is 0.322 e. The zero-order chi connectivity index (χ0) is 13.0. The van der Waals surface area contributed by atoms with E-state index < -0.39 is 0 Å². The van der Waals surface area contributed by atoms with Gasteiger partial charge in [0.05, 0.1) is 7.11 Å².